The lowest BCUT2D eigenvalue weighted by Gasteiger charge is -2.12. The second-order valence-corrected chi connectivity index (χ2v) is 4.36. The number of hydrogen-bond donors (Lipinski definition) is 1. The predicted octanol–water partition coefficient (Wildman–Crippen LogP) is 2.65. The highest BCUT2D eigenvalue weighted by Crippen LogP contribution is 2.37. The molecule has 0 atom stereocenters. The Hall–Kier alpha value is -1.09. The van der Waals surface area contributed by atoms with E-state index in [1.807, 2.05) is 23.7 Å². The summed E-state index contributed by atoms with van der Waals surface area (Å²) in [4.78, 5) is 4.14. The van der Waals surface area contributed by atoms with Gasteiger partial charge in [-0.25, -0.2) is 0 Å². The van der Waals surface area contributed by atoms with Crippen LogP contribution < -0.4 is 5.32 Å². The van der Waals surface area contributed by atoms with Crippen LogP contribution in [0.1, 0.15) is 12.0 Å². The molecule has 0 unspecified atom stereocenters. The van der Waals surface area contributed by atoms with Crippen molar-refractivity contribution in [2.45, 2.75) is 12.8 Å². The SMILES string of the molecule is c1cc2c3c(sc2cn1)NCCC3. The molecule has 2 aromatic heterocycles. The van der Waals surface area contributed by atoms with E-state index in [1.165, 1.54) is 33.5 Å². The molecule has 1 aliphatic heterocycles. The Labute approximate surface area is 80.6 Å². The molecule has 2 nitrogen and oxygen atoms in total. The summed E-state index contributed by atoms with van der Waals surface area (Å²) in [6.07, 6.45) is 6.30. The topological polar surface area (TPSA) is 24.9 Å². The number of rotatable bonds is 0. The molecule has 1 N–H and O–H groups in total. The normalized spacial score (nSPS) is 15.4. The van der Waals surface area contributed by atoms with Gasteiger partial charge < -0.3 is 5.32 Å². The molecule has 0 saturated heterocycles. The molecule has 0 spiro atoms. The van der Waals surface area contributed by atoms with E-state index in [2.05, 4.69) is 16.4 Å². The predicted molar refractivity (Wildman–Crippen MR) is 56.4 cm³/mol. The van der Waals surface area contributed by atoms with Crippen LogP contribution in [0.2, 0.25) is 0 Å². The molecular weight excluding hydrogens is 180 g/mol. The van der Waals surface area contributed by atoms with Gasteiger partial charge in [0, 0.05) is 24.3 Å². The summed E-state index contributed by atoms with van der Waals surface area (Å²) in [5.41, 5.74) is 1.49. The molecule has 3 heteroatoms. The van der Waals surface area contributed by atoms with E-state index in [4.69, 9.17) is 0 Å². The third kappa shape index (κ3) is 1.04. The maximum atomic E-state index is 4.14. The number of hydrogen-bond acceptors (Lipinski definition) is 3. The molecular formula is C10H10N2S. The maximum Gasteiger partial charge on any atom is 0.0928 e. The van der Waals surface area contributed by atoms with Crippen LogP contribution in [0.5, 0.6) is 0 Å². The van der Waals surface area contributed by atoms with Crippen molar-refractivity contribution in [3.63, 3.8) is 0 Å². The lowest BCUT2D eigenvalue weighted by atomic mass is 10.1. The van der Waals surface area contributed by atoms with Gasteiger partial charge in [-0.3, -0.25) is 4.98 Å². The Kier molecular flexibility index (Phi) is 1.52. The van der Waals surface area contributed by atoms with Crippen LogP contribution in [0.4, 0.5) is 5.00 Å². The molecule has 0 bridgehead atoms. The Morgan fingerprint density at radius 1 is 1.46 bits per heavy atom. The van der Waals surface area contributed by atoms with Crippen LogP contribution in [0.3, 0.4) is 0 Å². The molecule has 0 fully saturated rings. The highest BCUT2D eigenvalue weighted by molar-refractivity contribution is 7.23. The smallest absolute Gasteiger partial charge is 0.0928 e. The fourth-order valence-corrected chi connectivity index (χ4v) is 3.01. The standard InChI is InChI=1S/C10H10N2S/c1-2-8-7-3-5-11-6-9(7)13-10(8)12-4-1/h3,5-6,12H,1-2,4H2. The second kappa shape index (κ2) is 2.70. The average Bonchev–Trinajstić information content (AvgIpc) is 2.56. The Balaban J connectivity index is 2.34. The molecule has 66 valence electrons. The van der Waals surface area contributed by atoms with Crippen molar-refractivity contribution in [2.24, 2.45) is 0 Å². The van der Waals surface area contributed by atoms with Gasteiger partial charge in [-0.1, -0.05) is 0 Å². The van der Waals surface area contributed by atoms with Crippen LogP contribution in [0, 0.1) is 0 Å². The minimum absolute atomic E-state index is 1.12. The summed E-state index contributed by atoms with van der Waals surface area (Å²) in [5, 5.41) is 6.19. The van der Waals surface area contributed by atoms with Gasteiger partial charge in [-0.15, -0.1) is 11.3 Å². The number of aryl methyl sites for hydroxylation is 1. The monoisotopic (exact) mass is 190 g/mol. The molecule has 0 radical (unpaired) electrons. The number of pyridine rings is 1. The fourth-order valence-electron chi connectivity index (χ4n) is 1.86. The van der Waals surface area contributed by atoms with E-state index in [1.54, 1.807) is 0 Å². The Morgan fingerprint density at radius 2 is 2.46 bits per heavy atom. The van der Waals surface area contributed by atoms with E-state index >= 15 is 0 Å². The zero-order valence-corrected chi connectivity index (χ0v) is 8.03. The molecule has 13 heavy (non-hydrogen) atoms. The molecule has 0 amide bonds. The van der Waals surface area contributed by atoms with Crippen molar-refractivity contribution < 1.29 is 0 Å². The third-order valence-electron chi connectivity index (χ3n) is 2.48. The van der Waals surface area contributed by atoms with Crippen LogP contribution in [0.25, 0.3) is 10.1 Å². The van der Waals surface area contributed by atoms with E-state index in [0.29, 0.717) is 0 Å². The van der Waals surface area contributed by atoms with Crippen molar-refractivity contribution >= 4 is 26.4 Å². The summed E-state index contributed by atoms with van der Waals surface area (Å²) in [6, 6.07) is 2.12. The minimum atomic E-state index is 1.12. The summed E-state index contributed by atoms with van der Waals surface area (Å²) >= 11 is 1.83. The van der Waals surface area contributed by atoms with Crippen molar-refractivity contribution in [3.8, 4) is 0 Å². The molecule has 3 heterocycles. The Bertz CT molecular complexity index is 447. The van der Waals surface area contributed by atoms with Gasteiger partial charge in [0.25, 0.3) is 0 Å². The first kappa shape index (κ1) is 7.33. The van der Waals surface area contributed by atoms with Crippen molar-refractivity contribution in [2.75, 3.05) is 11.9 Å². The van der Waals surface area contributed by atoms with Crippen LogP contribution in [0.15, 0.2) is 18.5 Å². The van der Waals surface area contributed by atoms with Gasteiger partial charge in [0.1, 0.15) is 0 Å². The molecule has 3 rings (SSSR count). The fraction of sp³-hybridized carbons (Fsp3) is 0.300. The van der Waals surface area contributed by atoms with E-state index in [9.17, 15) is 0 Å². The van der Waals surface area contributed by atoms with Gasteiger partial charge in [0.2, 0.25) is 0 Å². The summed E-state index contributed by atoms with van der Waals surface area (Å²) in [7, 11) is 0. The molecule has 2 aromatic rings. The molecule has 0 saturated carbocycles. The first-order valence-corrected chi connectivity index (χ1v) is 5.36. The number of nitrogens with zero attached hydrogens (tertiary/aromatic N) is 1. The zero-order chi connectivity index (χ0) is 8.67. The van der Waals surface area contributed by atoms with Crippen LogP contribution in [-0.2, 0) is 6.42 Å². The number of nitrogens with one attached hydrogen (secondary N) is 1. The molecule has 0 aromatic carbocycles. The lowest BCUT2D eigenvalue weighted by Crippen LogP contribution is -2.08. The van der Waals surface area contributed by atoms with Crippen LogP contribution in [-0.4, -0.2) is 11.5 Å². The van der Waals surface area contributed by atoms with Gasteiger partial charge in [0.05, 0.1) is 9.70 Å². The highest BCUT2D eigenvalue weighted by Gasteiger charge is 2.14. The van der Waals surface area contributed by atoms with Crippen molar-refractivity contribution in [3.05, 3.63) is 24.0 Å². The van der Waals surface area contributed by atoms with Gasteiger partial charge in [-0.05, 0) is 24.5 Å². The van der Waals surface area contributed by atoms with E-state index in [-0.39, 0.29) is 0 Å². The third-order valence-corrected chi connectivity index (χ3v) is 3.62. The van der Waals surface area contributed by atoms with Gasteiger partial charge >= 0.3 is 0 Å². The zero-order valence-electron chi connectivity index (χ0n) is 7.21. The largest absolute Gasteiger partial charge is 0.377 e. The van der Waals surface area contributed by atoms with Crippen LogP contribution >= 0.6 is 11.3 Å². The van der Waals surface area contributed by atoms with E-state index in [0.717, 1.165) is 6.54 Å². The Morgan fingerprint density at radius 3 is 3.46 bits per heavy atom. The summed E-state index contributed by atoms with van der Waals surface area (Å²) in [5.74, 6) is 0. The van der Waals surface area contributed by atoms with Crippen molar-refractivity contribution in [1.29, 1.82) is 0 Å². The number of anilines is 1. The van der Waals surface area contributed by atoms with Crippen molar-refractivity contribution in [1.82, 2.24) is 4.98 Å². The first-order valence-electron chi connectivity index (χ1n) is 4.54. The first-order chi connectivity index (χ1) is 6.45. The maximum absolute atomic E-state index is 4.14. The lowest BCUT2D eigenvalue weighted by molar-refractivity contribution is 0.843. The average molecular weight is 190 g/mol. The number of aromatic nitrogens is 1. The molecule has 0 aliphatic carbocycles. The van der Waals surface area contributed by atoms with E-state index < -0.39 is 0 Å². The highest BCUT2D eigenvalue weighted by atomic mass is 32.1. The minimum Gasteiger partial charge on any atom is -0.377 e. The van der Waals surface area contributed by atoms with Gasteiger partial charge in [0.15, 0.2) is 0 Å². The number of thiophene rings is 1. The van der Waals surface area contributed by atoms with Gasteiger partial charge in [-0.2, -0.15) is 0 Å². The summed E-state index contributed by atoms with van der Waals surface area (Å²) < 4.78 is 1.31. The molecule has 1 aliphatic rings. The second-order valence-electron chi connectivity index (χ2n) is 3.31. The quantitative estimate of drug-likeness (QED) is 0.690. The summed E-state index contributed by atoms with van der Waals surface area (Å²) in [6.45, 7) is 1.12. The number of fused-ring (bicyclic) bond motifs is 3.